The van der Waals surface area contributed by atoms with E-state index in [2.05, 4.69) is 15.5 Å². The van der Waals surface area contributed by atoms with Crippen molar-refractivity contribution in [3.8, 4) is 0 Å². The molecule has 1 heterocycles. The summed E-state index contributed by atoms with van der Waals surface area (Å²) in [7, 11) is 3.41. The SMILES string of the molecule is Cc1cc(C(=O)N(C)C)ccc1C1(O)CCC(N2CCC(NC(=O)CNC(=O)c3cccc(C(F)(F)F)c3)C2)CC1. The van der Waals surface area contributed by atoms with Gasteiger partial charge in [0, 0.05) is 50.4 Å². The van der Waals surface area contributed by atoms with Crippen molar-refractivity contribution < 1.29 is 32.7 Å². The third kappa shape index (κ3) is 7.26. The van der Waals surface area contributed by atoms with Gasteiger partial charge in [0.25, 0.3) is 11.8 Å². The van der Waals surface area contributed by atoms with Crippen molar-refractivity contribution >= 4 is 17.7 Å². The number of carbonyl (C=O) groups is 3. The number of aliphatic hydroxyl groups is 1. The smallest absolute Gasteiger partial charge is 0.385 e. The summed E-state index contributed by atoms with van der Waals surface area (Å²) in [5.41, 5.74) is 0.295. The maximum atomic E-state index is 12.9. The number of amides is 3. The van der Waals surface area contributed by atoms with E-state index >= 15 is 0 Å². The molecule has 0 spiro atoms. The van der Waals surface area contributed by atoms with Gasteiger partial charge < -0.3 is 20.6 Å². The predicted octanol–water partition coefficient (Wildman–Crippen LogP) is 3.47. The first-order valence-corrected chi connectivity index (χ1v) is 13.8. The van der Waals surface area contributed by atoms with Gasteiger partial charge in [0.1, 0.15) is 0 Å². The highest BCUT2D eigenvalue weighted by molar-refractivity contribution is 5.96. The monoisotopic (exact) mass is 574 g/mol. The Balaban J connectivity index is 1.24. The summed E-state index contributed by atoms with van der Waals surface area (Å²) in [4.78, 5) is 40.8. The minimum Gasteiger partial charge on any atom is -0.385 e. The second-order valence-corrected chi connectivity index (χ2v) is 11.3. The van der Waals surface area contributed by atoms with Gasteiger partial charge in [-0.25, -0.2) is 0 Å². The topological polar surface area (TPSA) is 102 Å². The zero-order valence-corrected chi connectivity index (χ0v) is 23.6. The van der Waals surface area contributed by atoms with Crippen molar-refractivity contribution in [1.82, 2.24) is 20.4 Å². The van der Waals surface area contributed by atoms with E-state index in [0.29, 0.717) is 24.9 Å². The van der Waals surface area contributed by atoms with Crippen LogP contribution in [0.15, 0.2) is 42.5 Å². The van der Waals surface area contributed by atoms with E-state index in [1.165, 1.54) is 11.0 Å². The van der Waals surface area contributed by atoms with E-state index in [0.717, 1.165) is 55.1 Å². The minimum atomic E-state index is -4.56. The third-order valence-electron chi connectivity index (χ3n) is 8.13. The lowest BCUT2D eigenvalue weighted by Crippen LogP contribution is -2.45. The molecule has 2 aliphatic rings. The number of likely N-dealkylation sites (tertiary alicyclic amines) is 1. The van der Waals surface area contributed by atoms with E-state index in [1.54, 1.807) is 20.2 Å². The second kappa shape index (κ2) is 12.2. The molecule has 2 aromatic carbocycles. The lowest BCUT2D eigenvalue weighted by atomic mass is 9.75. The van der Waals surface area contributed by atoms with Crippen molar-refractivity contribution in [2.75, 3.05) is 33.7 Å². The summed E-state index contributed by atoms with van der Waals surface area (Å²) >= 11 is 0. The number of hydrogen-bond acceptors (Lipinski definition) is 5. The zero-order valence-electron chi connectivity index (χ0n) is 23.6. The van der Waals surface area contributed by atoms with Gasteiger partial charge in [0.2, 0.25) is 5.91 Å². The van der Waals surface area contributed by atoms with Crippen molar-refractivity contribution in [3.63, 3.8) is 0 Å². The summed E-state index contributed by atoms with van der Waals surface area (Å²) < 4.78 is 38.7. The van der Waals surface area contributed by atoms with E-state index in [-0.39, 0.29) is 30.1 Å². The maximum Gasteiger partial charge on any atom is 0.416 e. The molecular formula is C30H37F3N4O4. The van der Waals surface area contributed by atoms with Crippen LogP contribution in [-0.2, 0) is 16.6 Å². The highest BCUT2D eigenvalue weighted by Gasteiger charge is 2.39. The van der Waals surface area contributed by atoms with Crippen LogP contribution in [0.25, 0.3) is 0 Å². The number of nitrogens with one attached hydrogen (secondary N) is 2. The van der Waals surface area contributed by atoms with E-state index in [4.69, 9.17) is 0 Å². The van der Waals surface area contributed by atoms with Gasteiger partial charge in [0.15, 0.2) is 0 Å². The van der Waals surface area contributed by atoms with Gasteiger partial charge in [-0.2, -0.15) is 13.2 Å². The molecule has 1 atom stereocenters. The zero-order chi connectivity index (χ0) is 29.9. The van der Waals surface area contributed by atoms with Crippen LogP contribution in [0.1, 0.15) is 69.5 Å². The first-order chi connectivity index (χ1) is 19.3. The molecule has 1 saturated heterocycles. The van der Waals surface area contributed by atoms with Gasteiger partial charge in [-0.05, 0) is 80.5 Å². The third-order valence-corrected chi connectivity index (χ3v) is 8.13. The van der Waals surface area contributed by atoms with Crippen LogP contribution in [0.5, 0.6) is 0 Å². The quantitative estimate of drug-likeness (QED) is 0.470. The fraction of sp³-hybridized carbons (Fsp3) is 0.500. The first kappa shape index (κ1) is 30.5. The molecule has 41 heavy (non-hydrogen) atoms. The number of alkyl halides is 3. The Bertz CT molecular complexity index is 1290. The molecule has 1 aliphatic carbocycles. The van der Waals surface area contributed by atoms with Crippen LogP contribution in [-0.4, -0.2) is 78.4 Å². The number of benzene rings is 2. The van der Waals surface area contributed by atoms with Gasteiger partial charge >= 0.3 is 6.18 Å². The number of nitrogens with zero attached hydrogens (tertiary/aromatic N) is 2. The van der Waals surface area contributed by atoms with Gasteiger partial charge in [0.05, 0.1) is 17.7 Å². The van der Waals surface area contributed by atoms with Gasteiger partial charge in [-0.15, -0.1) is 0 Å². The Morgan fingerprint density at radius 1 is 1.05 bits per heavy atom. The summed E-state index contributed by atoms with van der Waals surface area (Å²) in [6.45, 7) is 3.03. The molecule has 8 nitrogen and oxygen atoms in total. The van der Waals surface area contributed by atoms with Crippen LogP contribution >= 0.6 is 0 Å². The lowest BCUT2D eigenvalue weighted by Gasteiger charge is -2.40. The number of rotatable bonds is 7. The molecule has 222 valence electrons. The normalized spacial score (nSPS) is 23.2. The molecule has 1 aliphatic heterocycles. The largest absolute Gasteiger partial charge is 0.416 e. The Morgan fingerprint density at radius 3 is 2.39 bits per heavy atom. The Hall–Kier alpha value is -3.44. The Kier molecular flexibility index (Phi) is 9.08. The summed E-state index contributed by atoms with van der Waals surface area (Å²) in [6.07, 6.45) is -1.04. The Labute approximate surface area is 237 Å². The standard InChI is InChI=1S/C30H37F3N4O4/c1-19-15-21(28(40)36(2)3)7-8-25(19)29(41)12-9-24(10-13-29)37-14-11-23(18-37)35-26(38)17-34-27(39)20-5-4-6-22(16-20)30(31,32)33/h4-8,15-16,23-24,41H,9-14,17-18H2,1-3H3,(H,34,39)(H,35,38). The van der Waals surface area contributed by atoms with E-state index in [1.807, 2.05) is 19.1 Å². The van der Waals surface area contributed by atoms with Crippen molar-refractivity contribution in [1.29, 1.82) is 0 Å². The minimum absolute atomic E-state index is 0.0795. The summed E-state index contributed by atoms with van der Waals surface area (Å²) in [5.74, 6) is -1.23. The number of carbonyl (C=O) groups excluding carboxylic acids is 3. The van der Waals surface area contributed by atoms with Gasteiger partial charge in [-0.1, -0.05) is 12.1 Å². The second-order valence-electron chi connectivity index (χ2n) is 11.3. The fourth-order valence-electron chi connectivity index (χ4n) is 5.91. The van der Waals surface area contributed by atoms with Crippen molar-refractivity contribution in [2.24, 2.45) is 0 Å². The molecule has 0 radical (unpaired) electrons. The first-order valence-electron chi connectivity index (χ1n) is 13.8. The molecular weight excluding hydrogens is 537 g/mol. The van der Waals surface area contributed by atoms with Crippen molar-refractivity contribution in [2.45, 2.75) is 62.9 Å². The molecule has 0 bridgehead atoms. The van der Waals surface area contributed by atoms with Gasteiger partial charge in [-0.3, -0.25) is 19.3 Å². The van der Waals surface area contributed by atoms with Crippen LogP contribution in [0.3, 0.4) is 0 Å². The molecule has 3 amide bonds. The highest BCUT2D eigenvalue weighted by atomic mass is 19.4. The average molecular weight is 575 g/mol. The molecule has 1 unspecified atom stereocenters. The van der Waals surface area contributed by atoms with Crippen LogP contribution in [0.2, 0.25) is 0 Å². The van der Waals surface area contributed by atoms with Crippen molar-refractivity contribution in [3.05, 3.63) is 70.3 Å². The van der Waals surface area contributed by atoms with E-state index in [9.17, 15) is 32.7 Å². The summed E-state index contributed by atoms with van der Waals surface area (Å²) in [5, 5.41) is 16.8. The molecule has 11 heteroatoms. The predicted molar refractivity (Wildman–Crippen MR) is 147 cm³/mol. The molecule has 4 rings (SSSR count). The molecule has 3 N–H and O–H groups in total. The lowest BCUT2D eigenvalue weighted by molar-refractivity contribution is -0.137. The number of halogens is 3. The van der Waals surface area contributed by atoms with E-state index < -0.39 is 29.2 Å². The number of hydrogen-bond donors (Lipinski definition) is 3. The van der Waals surface area contributed by atoms with Crippen LogP contribution < -0.4 is 10.6 Å². The Morgan fingerprint density at radius 2 is 1.76 bits per heavy atom. The fourth-order valence-corrected chi connectivity index (χ4v) is 5.91. The van der Waals surface area contributed by atoms with Crippen LogP contribution in [0.4, 0.5) is 13.2 Å². The number of aryl methyl sites for hydroxylation is 1. The molecule has 2 fully saturated rings. The molecule has 1 saturated carbocycles. The highest BCUT2D eigenvalue weighted by Crippen LogP contribution is 2.40. The summed E-state index contributed by atoms with van der Waals surface area (Å²) in [6, 6.07) is 9.70. The van der Waals surface area contributed by atoms with Crippen LogP contribution in [0, 0.1) is 6.92 Å². The average Bonchev–Trinajstić information content (AvgIpc) is 3.39. The molecule has 0 aromatic heterocycles. The maximum absolute atomic E-state index is 12.9. The molecule has 2 aromatic rings.